The van der Waals surface area contributed by atoms with Gasteiger partial charge in [-0.1, -0.05) is 0 Å². The Morgan fingerprint density at radius 3 is 2.87 bits per heavy atom. The molecule has 1 heterocycles. The molecule has 0 aliphatic rings. The number of rotatable bonds is 5. The molecule has 0 aromatic carbocycles. The first-order chi connectivity index (χ1) is 7.08. The third-order valence-electron chi connectivity index (χ3n) is 1.91. The molecule has 0 saturated heterocycles. The highest BCUT2D eigenvalue weighted by atomic mass is 32.2. The van der Waals surface area contributed by atoms with Gasteiger partial charge in [-0.2, -0.15) is 0 Å². The van der Waals surface area contributed by atoms with Gasteiger partial charge in [0, 0.05) is 19.9 Å². The number of anilines is 1. The van der Waals surface area contributed by atoms with Gasteiger partial charge in [0.15, 0.2) is 9.84 Å². The van der Waals surface area contributed by atoms with Crippen molar-refractivity contribution in [3.63, 3.8) is 0 Å². The molecule has 0 atom stereocenters. The van der Waals surface area contributed by atoms with E-state index in [1.807, 2.05) is 0 Å². The van der Waals surface area contributed by atoms with E-state index in [1.165, 1.54) is 25.6 Å². The Morgan fingerprint density at radius 2 is 2.27 bits per heavy atom. The number of nitrogens with zero attached hydrogens (tertiary/aromatic N) is 1. The third-order valence-corrected chi connectivity index (χ3v) is 3.77. The van der Waals surface area contributed by atoms with Crippen LogP contribution in [0.5, 0.6) is 0 Å². The summed E-state index contributed by atoms with van der Waals surface area (Å²) in [5.74, 6) is 0.0368. The monoisotopic (exact) mass is 230 g/mol. The summed E-state index contributed by atoms with van der Waals surface area (Å²) < 4.78 is 28.3. The van der Waals surface area contributed by atoms with E-state index in [2.05, 4.69) is 4.98 Å². The van der Waals surface area contributed by atoms with Crippen LogP contribution in [-0.2, 0) is 14.6 Å². The fourth-order valence-corrected chi connectivity index (χ4v) is 2.58. The maximum absolute atomic E-state index is 11.8. The summed E-state index contributed by atoms with van der Waals surface area (Å²) in [6.45, 7) is 0.421. The van der Waals surface area contributed by atoms with Gasteiger partial charge in [0.1, 0.15) is 0 Å². The molecule has 15 heavy (non-hydrogen) atoms. The number of ether oxygens (including phenoxy) is 1. The van der Waals surface area contributed by atoms with E-state index in [4.69, 9.17) is 10.5 Å². The first-order valence-corrected chi connectivity index (χ1v) is 6.14. The van der Waals surface area contributed by atoms with Crippen LogP contribution in [0, 0.1) is 0 Å². The number of methoxy groups -OCH3 is 1. The number of hydrogen-bond donors (Lipinski definition) is 1. The van der Waals surface area contributed by atoms with Gasteiger partial charge in [0.25, 0.3) is 0 Å². The average molecular weight is 230 g/mol. The minimum atomic E-state index is -3.31. The minimum absolute atomic E-state index is 0.0368. The molecule has 1 aromatic heterocycles. The quantitative estimate of drug-likeness (QED) is 0.744. The molecule has 0 amide bonds. The van der Waals surface area contributed by atoms with Gasteiger partial charge in [-0.05, 0) is 12.5 Å². The van der Waals surface area contributed by atoms with E-state index in [-0.39, 0.29) is 16.3 Å². The number of nitrogens with two attached hydrogens (primary N) is 1. The summed E-state index contributed by atoms with van der Waals surface area (Å²) in [5, 5.41) is 0. The van der Waals surface area contributed by atoms with Crippen LogP contribution < -0.4 is 5.73 Å². The van der Waals surface area contributed by atoms with Crippen LogP contribution in [-0.4, -0.2) is 32.9 Å². The Bertz CT molecular complexity index is 417. The van der Waals surface area contributed by atoms with Crippen molar-refractivity contribution in [2.45, 2.75) is 11.3 Å². The molecule has 0 spiro atoms. The largest absolute Gasteiger partial charge is 0.396 e. The Hall–Kier alpha value is -1.14. The number of nitrogen functional groups attached to an aromatic ring is 1. The Kier molecular flexibility index (Phi) is 4.05. The topological polar surface area (TPSA) is 82.3 Å². The van der Waals surface area contributed by atoms with E-state index in [9.17, 15) is 8.42 Å². The lowest BCUT2D eigenvalue weighted by Crippen LogP contribution is -2.11. The van der Waals surface area contributed by atoms with E-state index in [1.54, 1.807) is 0 Å². The molecule has 84 valence electrons. The zero-order valence-electron chi connectivity index (χ0n) is 8.51. The van der Waals surface area contributed by atoms with Crippen LogP contribution in [0.4, 0.5) is 5.69 Å². The summed E-state index contributed by atoms with van der Waals surface area (Å²) in [6.07, 6.45) is 3.21. The highest BCUT2D eigenvalue weighted by molar-refractivity contribution is 7.91. The second kappa shape index (κ2) is 5.09. The standard InChI is InChI=1S/C9H14N2O3S/c1-14-5-2-6-15(12,13)9-3-4-11-7-8(9)10/h3-4,7H,2,5-6,10H2,1H3. The molecule has 0 fully saturated rings. The third kappa shape index (κ3) is 3.17. The molecule has 6 heteroatoms. The minimum Gasteiger partial charge on any atom is -0.396 e. The fourth-order valence-electron chi connectivity index (χ4n) is 1.18. The van der Waals surface area contributed by atoms with Gasteiger partial charge in [0.2, 0.25) is 0 Å². The van der Waals surface area contributed by atoms with Gasteiger partial charge < -0.3 is 10.5 Å². The second-order valence-corrected chi connectivity index (χ2v) is 5.16. The first-order valence-electron chi connectivity index (χ1n) is 4.49. The maximum Gasteiger partial charge on any atom is 0.180 e. The number of pyridine rings is 1. The van der Waals surface area contributed by atoms with Crippen molar-refractivity contribution >= 4 is 15.5 Å². The highest BCUT2D eigenvalue weighted by Gasteiger charge is 2.16. The van der Waals surface area contributed by atoms with Crippen LogP contribution in [0.25, 0.3) is 0 Å². The molecule has 0 unspecified atom stereocenters. The van der Waals surface area contributed by atoms with Crippen LogP contribution in [0.2, 0.25) is 0 Å². The average Bonchev–Trinajstić information content (AvgIpc) is 2.18. The summed E-state index contributed by atoms with van der Waals surface area (Å²) >= 11 is 0. The zero-order chi connectivity index (χ0) is 11.3. The summed E-state index contributed by atoms with van der Waals surface area (Å²) in [5.41, 5.74) is 5.73. The molecular formula is C9H14N2O3S. The number of hydrogen-bond acceptors (Lipinski definition) is 5. The van der Waals surface area contributed by atoms with Gasteiger partial charge in [0.05, 0.1) is 22.5 Å². The molecule has 1 rings (SSSR count). The van der Waals surface area contributed by atoms with Gasteiger partial charge >= 0.3 is 0 Å². The van der Waals surface area contributed by atoms with Crippen LogP contribution >= 0.6 is 0 Å². The van der Waals surface area contributed by atoms with Gasteiger partial charge in [-0.3, -0.25) is 4.98 Å². The Balaban J connectivity index is 2.83. The summed E-state index contributed by atoms with van der Waals surface area (Å²) in [6, 6.07) is 1.41. The lowest BCUT2D eigenvalue weighted by Gasteiger charge is -2.05. The van der Waals surface area contributed by atoms with Crippen molar-refractivity contribution in [3.05, 3.63) is 18.5 Å². The molecule has 0 bridgehead atoms. The van der Waals surface area contributed by atoms with Gasteiger partial charge in [-0.15, -0.1) is 0 Å². The number of aromatic nitrogens is 1. The van der Waals surface area contributed by atoms with Crippen molar-refractivity contribution in [1.82, 2.24) is 4.98 Å². The number of sulfone groups is 1. The Labute approximate surface area is 89.2 Å². The summed E-state index contributed by atoms with van der Waals surface area (Å²) in [7, 11) is -1.77. The van der Waals surface area contributed by atoms with E-state index < -0.39 is 9.84 Å². The van der Waals surface area contributed by atoms with Crippen molar-refractivity contribution in [3.8, 4) is 0 Å². The van der Waals surface area contributed by atoms with Crippen molar-refractivity contribution < 1.29 is 13.2 Å². The fraction of sp³-hybridized carbons (Fsp3) is 0.444. The lowest BCUT2D eigenvalue weighted by molar-refractivity contribution is 0.199. The lowest BCUT2D eigenvalue weighted by atomic mass is 10.4. The molecule has 2 N–H and O–H groups in total. The van der Waals surface area contributed by atoms with Crippen LogP contribution in [0.1, 0.15) is 6.42 Å². The normalized spacial score (nSPS) is 11.5. The highest BCUT2D eigenvalue weighted by Crippen LogP contribution is 2.17. The van der Waals surface area contributed by atoms with Crippen molar-refractivity contribution in [2.75, 3.05) is 25.2 Å². The van der Waals surface area contributed by atoms with E-state index in [0.29, 0.717) is 13.0 Å². The van der Waals surface area contributed by atoms with Crippen molar-refractivity contribution in [1.29, 1.82) is 0 Å². The molecule has 1 aromatic rings. The molecule has 0 aliphatic carbocycles. The van der Waals surface area contributed by atoms with E-state index >= 15 is 0 Å². The predicted molar refractivity (Wildman–Crippen MR) is 57.2 cm³/mol. The molecule has 0 saturated carbocycles. The van der Waals surface area contributed by atoms with Gasteiger partial charge in [-0.25, -0.2) is 8.42 Å². The van der Waals surface area contributed by atoms with E-state index in [0.717, 1.165) is 0 Å². The SMILES string of the molecule is COCCCS(=O)(=O)c1ccncc1N. The predicted octanol–water partition coefficient (Wildman–Crippen LogP) is 0.474. The zero-order valence-corrected chi connectivity index (χ0v) is 9.33. The molecule has 0 radical (unpaired) electrons. The molecule has 5 nitrogen and oxygen atoms in total. The van der Waals surface area contributed by atoms with Crippen LogP contribution in [0.15, 0.2) is 23.4 Å². The van der Waals surface area contributed by atoms with Crippen molar-refractivity contribution in [2.24, 2.45) is 0 Å². The summed E-state index contributed by atoms with van der Waals surface area (Å²) in [4.78, 5) is 3.89. The maximum atomic E-state index is 11.8. The van der Waals surface area contributed by atoms with Crippen LogP contribution in [0.3, 0.4) is 0 Å². The molecular weight excluding hydrogens is 216 g/mol. The second-order valence-electron chi connectivity index (χ2n) is 3.08. The Morgan fingerprint density at radius 1 is 1.53 bits per heavy atom. The first kappa shape index (κ1) is 11.9. The molecule has 0 aliphatic heterocycles. The smallest absolute Gasteiger partial charge is 0.180 e.